The van der Waals surface area contributed by atoms with Gasteiger partial charge >= 0.3 is 11.9 Å². The van der Waals surface area contributed by atoms with E-state index in [1.165, 1.54) is 0 Å². The highest BCUT2D eigenvalue weighted by atomic mass is 16.6. The molecule has 1 unspecified atom stereocenters. The molecular formula is C27H29N3O4. The SMILES string of the molecule is CC(C)OC(=O)c1ccc2c(c1)C(c1ccc(N(C)C)cc1)(c1ccc(N(C)C)cn1)OC2=O. The molecule has 0 fully saturated rings. The first-order valence-electron chi connectivity index (χ1n) is 11.1. The molecule has 0 N–H and O–H groups in total. The monoisotopic (exact) mass is 459 g/mol. The summed E-state index contributed by atoms with van der Waals surface area (Å²) in [6.07, 6.45) is 1.48. The number of fused-ring (bicyclic) bond motifs is 1. The second-order valence-electron chi connectivity index (χ2n) is 9.02. The third kappa shape index (κ3) is 3.98. The summed E-state index contributed by atoms with van der Waals surface area (Å²) in [5.41, 5.74) is 3.24. The number of esters is 2. The molecule has 34 heavy (non-hydrogen) atoms. The summed E-state index contributed by atoms with van der Waals surface area (Å²) < 4.78 is 11.5. The Bertz CT molecular complexity index is 1160. The van der Waals surface area contributed by atoms with E-state index in [-0.39, 0.29) is 6.10 Å². The van der Waals surface area contributed by atoms with E-state index < -0.39 is 17.5 Å². The summed E-state index contributed by atoms with van der Waals surface area (Å²) in [7, 11) is 7.79. The molecule has 3 aromatic rings. The zero-order valence-electron chi connectivity index (χ0n) is 20.3. The van der Waals surface area contributed by atoms with Crippen molar-refractivity contribution in [3.05, 3.63) is 88.7 Å². The molecule has 0 radical (unpaired) electrons. The Morgan fingerprint density at radius 3 is 2.15 bits per heavy atom. The molecule has 1 aliphatic heterocycles. The van der Waals surface area contributed by atoms with Gasteiger partial charge in [-0.05, 0) is 56.3 Å². The van der Waals surface area contributed by atoms with E-state index in [1.807, 2.05) is 74.4 Å². The van der Waals surface area contributed by atoms with Gasteiger partial charge in [-0.15, -0.1) is 0 Å². The smallest absolute Gasteiger partial charge is 0.340 e. The fourth-order valence-corrected chi connectivity index (χ4v) is 4.08. The average Bonchev–Trinajstić information content (AvgIpc) is 3.11. The highest BCUT2D eigenvalue weighted by Gasteiger charge is 2.50. The molecule has 2 aromatic carbocycles. The first kappa shape index (κ1) is 23.3. The highest BCUT2D eigenvalue weighted by molar-refractivity contribution is 5.98. The predicted molar refractivity (Wildman–Crippen MR) is 132 cm³/mol. The van der Waals surface area contributed by atoms with Crippen molar-refractivity contribution in [2.75, 3.05) is 38.0 Å². The van der Waals surface area contributed by atoms with Crippen molar-refractivity contribution in [3.63, 3.8) is 0 Å². The van der Waals surface area contributed by atoms with Crippen LogP contribution in [0.3, 0.4) is 0 Å². The van der Waals surface area contributed by atoms with Gasteiger partial charge in [0.25, 0.3) is 0 Å². The van der Waals surface area contributed by atoms with Gasteiger partial charge < -0.3 is 19.3 Å². The Hall–Kier alpha value is -3.87. The van der Waals surface area contributed by atoms with Crippen molar-refractivity contribution in [1.82, 2.24) is 4.98 Å². The molecule has 0 amide bonds. The minimum Gasteiger partial charge on any atom is -0.459 e. The Balaban J connectivity index is 1.94. The van der Waals surface area contributed by atoms with Crippen molar-refractivity contribution in [3.8, 4) is 0 Å². The lowest BCUT2D eigenvalue weighted by Gasteiger charge is -2.30. The van der Waals surface area contributed by atoms with Crippen LogP contribution in [0.1, 0.15) is 51.4 Å². The maximum absolute atomic E-state index is 13.1. The summed E-state index contributed by atoms with van der Waals surface area (Å²) in [6, 6.07) is 16.5. The number of hydrogen-bond acceptors (Lipinski definition) is 7. The number of ether oxygens (including phenoxy) is 2. The number of rotatable bonds is 6. The van der Waals surface area contributed by atoms with E-state index in [0.29, 0.717) is 22.4 Å². The molecular weight excluding hydrogens is 430 g/mol. The molecule has 176 valence electrons. The first-order chi connectivity index (χ1) is 16.1. The molecule has 0 saturated carbocycles. The third-order valence-electron chi connectivity index (χ3n) is 5.86. The molecule has 1 aromatic heterocycles. The van der Waals surface area contributed by atoms with Gasteiger partial charge in [0.1, 0.15) is 0 Å². The van der Waals surface area contributed by atoms with Crippen LogP contribution >= 0.6 is 0 Å². The van der Waals surface area contributed by atoms with Crippen LogP contribution < -0.4 is 9.80 Å². The van der Waals surface area contributed by atoms with E-state index in [2.05, 4.69) is 0 Å². The summed E-state index contributed by atoms with van der Waals surface area (Å²) in [6.45, 7) is 3.59. The highest BCUT2D eigenvalue weighted by Crippen LogP contribution is 2.47. The van der Waals surface area contributed by atoms with E-state index >= 15 is 0 Å². The Labute approximate surface area is 199 Å². The Morgan fingerprint density at radius 2 is 1.59 bits per heavy atom. The zero-order chi connectivity index (χ0) is 24.6. The predicted octanol–water partition coefficient (Wildman–Crippen LogP) is 4.24. The van der Waals surface area contributed by atoms with E-state index in [0.717, 1.165) is 16.9 Å². The zero-order valence-corrected chi connectivity index (χ0v) is 20.3. The molecule has 1 aliphatic rings. The summed E-state index contributed by atoms with van der Waals surface area (Å²) in [4.78, 5) is 34.4. The van der Waals surface area contributed by atoms with Gasteiger partial charge in [0.05, 0.1) is 34.8 Å². The number of cyclic esters (lactones) is 1. The molecule has 1 atom stereocenters. The standard InChI is InChI=1S/C27H29N3O4/c1-17(2)33-25(31)18-7-13-22-23(15-18)27(34-26(22)32,19-8-10-20(11-9-19)29(3)4)24-14-12-21(16-28-24)30(5)6/h7-17H,1-6H3. The van der Waals surface area contributed by atoms with Crippen LogP contribution in [-0.4, -0.2) is 51.2 Å². The third-order valence-corrected chi connectivity index (χ3v) is 5.86. The molecule has 0 spiro atoms. The van der Waals surface area contributed by atoms with E-state index in [4.69, 9.17) is 14.5 Å². The quantitative estimate of drug-likeness (QED) is 0.511. The van der Waals surface area contributed by atoms with Crippen LogP contribution in [-0.2, 0) is 15.1 Å². The van der Waals surface area contributed by atoms with Gasteiger partial charge in [0.2, 0.25) is 5.60 Å². The lowest BCUT2D eigenvalue weighted by atomic mass is 9.81. The average molecular weight is 460 g/mol. The summed E-state index contributed by atoms with van der Waals surface area (Å²) >= 11 is 0. The number of benzene rings is 2. The van der Waals surface area contributed by atoms with Gasteiger partial charge in [0, 0.05) is 45.0 Å². The lowest BCUT2D eigenvalue weighted by molar-refractivity contribution is 0.0239. The summed E-state index contributed by atoms with van der Waals surface area (Å²) in [5.74, 6) is -0.918. The van der Waals surface area contributed by atoms with Gasteiger partial charge in [-0.2, -0.15) is 0 Å². The van der Waals surface area contributed by atoms with Gasteiger partial charge in [-0.1, -0.05) is 12.1 Å². The van der Waals surface area contributed by atoms with Gasteiger partial charge in [0.15, 0.2) is 0 Å². The number of carbonyl (C=O) groups excluding carboxylic acids is 2. The van der Waals surface area contributed by atoms with Crippen molar-refractivity contribution >= 4 is 23.3 Å². The Kier molecular flexibility index (Phi) is 6.04. The van der Waals surface area contributed by atoms with Crippen LogP contribution in [0.25, 0.3) is 0 Å². The van der Waals surface area contributed by atoms with Crippen molar-refractivity contribution < 1.29 is 19.1 Å². The maximum Gasteiger partial charge on any atom is 0.340 e. The van der Waals surface area contributed by atoms with Crippen LogP contribution in [0.5, 0.6) is 0 Å². The minimum absolute atomic E-state index is 0.262. The second kappa shape index (κ2) is 8.82. The van der Waals surface area contributed by atoms with Gasteiger partial charge in [-0.3, -0.25) is 4.98 Å². The van der Waals surface area contributed by atoms with E-state index in [9.17, 15) is 9.59 Å². The largest absolute Gasteiger partial charge is 0.459 e. The van der Waals surface area contributed by atoms with Crippen LogP contribution in [0.2, 0.25) is 0 Å². The van der Waals surface area contributed by atoms with Crippen molar-refractivity contribution in [2.45, 2.75) is 25.6 Å². The van der Waals surface area contributed by atoms with Crippen molar-refractivity contribution in [2.24, 2.45) is 0 Å². The number of hydrogen-bond donors (Lipinski definition) is 0. The van der Waals surface area contributed by atoms with Gasteiger partial charge in [-0.25, -0.2) is 9.59 Å². The molecule has 7 heteroatoms. The van der Waals surface area contributed by atoms with Crippen LogP contribution in [0.15, 0.2) is 60.8 Å². The number of nitrogens with zero attached hydrogens (tertiary/aromatic N) is 3. The molecule has 0 bridgehead atoms. The molecule has 2 heterocycles. The topological polar surface area (TPSA) is 72.0 Å². The molecule has 7 nitrogen and oxygen atoms in total. The van der Waals surface area contributed by atoms with Crippen molar-refractivity contribution in [1.29, 1.82) is 0 Å². The maximum atomic E-state index is 13.1. The molecule has 4 rings (SSSR count). The summed E-state index contributed by atoms with van der Waals surface area (Å²) in [5, 5.41) is 0. The lowest BCUT2D eigenvalue weighted by Crippen LogP contribution is -2.31. The normalized spacial score (nSPS) is 16.7. The molecule has 0 aliphatic carbocycles. The fourth-order valence-electron chi connectivity index (χ4n) is 4.08. The van der Waals surface area contributed by atoms with Crippen LogP contribution in [0.4, 0.5) is 11.4 Å². The van der Waals surface area contributed by atoms with Crippen LogP contribution in [0, 0.1) is 0 Å². The minimum atomic E-state index is -1.30. The first-order valence-corrected chi connectivity index (χ1v) is 11.1. The number of aromatic nitrogens is 1. The molecule has 0 saturated heterocycles. The number of carbonyl (C=O) groups is 2. The number of pyridine rings is 1. The second-order valence-corrected chi connectivity index (χ2v) is 9.02. The fraction of sp³-hybridized carbons (Fsp3) is 0.296. The number of anilines is 2. The van der Waals surface area contributed by atoms with E-state index in [1.54, 1.807) is 38.2 Å². The Morgan fingerprint density at radius 1 is 0.941 bits per heavy atom.